The molecule has 4 rings (SSSR count). The molecule has 32 heavy (non-hydrogen) atoms. The summed E-state index contributed by atoms with van der Waals surface area (Å²) in [6, 6.07) is 13.2. The van der Waals surface area contributed by atoms with Crippen LogP contribution in [0.3, 0.4) is 0 Å². The van der Waals surface area contributed by atoms with E-state index in [1.54, 1.807) is 25.2 Å². The molecule has 0 atom stereocenters. The van der Waals surface area contributed by atoms with Crippen molar-refractivity contribution in [2.45, 2.75) is 38.6 Å². The van der Waals surface area contributed by atoms with E-state index < -0.39 is 0 Å². The number of carbonyl (C=O) groups excluding carboxylic acids is 2. The summed E-state index contributed by atoms with van der Waals surface area (Å²) < 4.78 is 10.6. The van der Waals surface area contributed by atoms with E-state index >= 15 is 0 Å². The highest BCUT2D eigenvalue weighted by atomic mass is 16.5. The second kappa shape index (κ2) is 9.94. The average Bonchev–Trinajstić information content (AvgIpc) is 3.36. The van der Waals surface area contributed by atoms with E-state index in [4.69, 9.17) is 9.47 Å². The Morgan fingerprint density at radius 3 is 2.34 bits per heavy atom. The zero-order chi connectivity index (χ0) is 22.5. The highest BCUT2D eigenvalue weighted by Crippen LogP contribution is 2.34. The van der Waals surface area contributed by atoms with Crippen LogP contribution in [-0.2, 0) is 11.3 Å². The lowest BCUT2D eigenvalue weighted by Crippen LogP contribution is -2.49. The quantitative estimate of drug-likeness (QED) is 0.684. The molecule has 0 unspecified atom stereocenters. The van der Waals surface area contributed by atoms with Crippen LogP contribution in [0.1, 0.15) is 37.7 Å². The molecule has 2 aliphatic rings. The van der Waals surface area contributed by atoms with Crippen molar-refractivity contribution in [3.05, 3.63) is 48.0 Å². The number of nitrogens with zero attached hydrogens (tertiary/aromatic N) is 2. The van der Waals surface area contributed by atoms with Crippen LogP contribution in [0.2, 0.25) is 0 Å². The molecule has 1 saturated heterocycles. The van der Waals surface area contributed by atoms with Gasteiger partial charge < -0.3 is 19.7 Å². The van der Waals surface area contributed by atoms with Gasteiger partial charge in [0.25, 0.3) is 0 Å². The summed E-state index contributed by atoms with van der Waals surface area (Å²) in [7, 11) is 3.24. The Morgan fingerprint density at radius 2 is 1.66 bits per heavy atom. The molecular formula is C25H31N3O4. The fraction of sp³-hybridized carbons (Fsp3) is 0.440. The number of nitrogens with one attached hydrogen (secondary N) is 1. The molecule has 7 nitrogen and oxygen atoms in total. The van der Waals surface area contributed by atoms with E-state index in [0.717, 1.165) is 43.4 Å². The predicted octanol–water partition coefficient (Wildman–Crippen LogP) is 4.66. The number of anilines is 2. The van der Waals surface area contributed by atoms with E-state index in [1.165, 1.54) is 0 Å². The smallest absolute Gasteiger partial charge is 0.324 e. The summed E-state index contributed by atoms with van der Waals surface area (Å²) >= 11 is 0. The fourth-order valence-corrected chi connectivity index (χ4v) is 4.50. The molecule has 1 aliphatic heterocycles. The number of urea groups is 1. The number of hydrogen-bond acceptors (Lipinski definition) is 4. The van der Waals surface area contributed by atoms with Gasteiger partial charge >= 0.3 is 6.03 Å². The maximum absolute atomic E-state index is 13.4. The summed E-state index contributed by atoms with van der Waals surface area (Å²) in [5, 5.41) is 3.08. The fourth-order valence-electron chi connectivity index (χ4n) is 4.50. The molecule has 1 aliphatic carbocycles. The van der Waals surface area contributed by atoms with Crippen molar-refractivity contribution < 1.29 is 19.1 Å². The standard InChI is InChI=1S/C25H31N3O4/c1-31-20-10-8-18(9-11-20)17-27-14-5-15-28(25(27)30)23-13-12-21(32-2)16-22(23)26-24(29)19-6-3-4-7-19/h8-13,16,19H,3-7,14-15,17H2,1-2H3,(H,26,29). The molecule has 0 radical (unpaired) electrons. The van der Waals surface area contributed by atoms with Gasteiger partial charge in [-0.05, 0) is 49.1 Å². The Hall–Kier alpha value is -3.22. The van der Waals surface area contributed by atoms with Crippen molar-refractivity contribution in [2.24, 2.45) is 5.92 Å². The van der Waals surface area contributed by atoms with Gasteiger partial charge in [0.1, 0.15) is 11.5 Å². The molecule has 1 heterocycles. The van der Waals surface area contributed by atoms with Crippen molar-refractivity contribution in [3.63, 3.8) is 0 Å². The lowest BCUT2D eigenvalue weighted by atomic mass is 10.1. The van der Waals surface area contributed by atoms with Crippen LogP contribution >= 0.6 is 0 Å². The second-order valence-electron chi connectivity index (χ2n) is 8.41. The Bertz CT molecular complexity index is 954. The van der Waals surface area contributed by atoms with E-state index in [9.17, 15) is 9.59 Å². The minimum Gasteiger partial charge on any atom is -0.497 e. The predicted molar refractivity (Wildman–Crippen MR) is 124 cm³/mol. The molecule has 1 saturated carbocycles. The Labute approximate surface area is 189 Å². The van der Waals surface area contributed by atoms with Crippen LogP contribution < -0.4 is 19.7 Å². The van der Waals surface area contributed by atoms with Crippen molar-refractivity contribution in [1.82, 2.24) is 4.90 Å². The van der Waals surface area contributed by atoms with Gasteiger partial charge in [0.15, 0.2) is 0 Å². The largest absolute Gasteiger partial charge is 0.497 e. The SMILES string of the molecule is COc1ccc(CN2CCCN(c3ccc(OC)cc3NC(=O)C3CCCC3)C2=O)cc1. The van der Waals surface area contributed by atoms with E-state index in [0.29, 0.717) is 36.8 Å². The third kappa shape index (κ3) is 4.82. The highest BCUT2D eigenvalue weighted by molar-refractivity contribution is 6.01. The minimum absolute atomic E-state index is 0.0246. The van der Waals surface area contributed by atoms with Gasteiger partial charge in [-0.2, -0.15) is 0 Å². The Kier molecular flexibility index (Phi) is 6.83. The molecule has 2 fully saturated rings. The van der Waals surface area contributed by atoms with Gasteiger partial charge in [-0.15, -0.1) is 0 Å². The third-order valence-electron chi connectivity index (χ3n) is 6.32. The molecule has 1 N–H and O–H groups in total. The van der Waals surface area contributed by atoms with Gasteiger partial charge in [-0.1, -0.05) is 25.0 Å². The number of rotatable bonds is 7. The minimum atomic E-state index is -0.0615. The van der Waals surface area contributed by atoms with Crippen LogP contribution in [0.4, 0.5) is 16.2 Å². The summed E-state index contributed by atoms with van der Waals surface area (Å²) in [4.78, 5) is 29.8. The molecule has 2 aromatic rings. The van der Waals surface area contributed by atoms with Crippen LogP contribution in [0.15, 0.2) is 42.5 Å². The molecule has 0 bridgehead atoms. The van der Waals surface area contributed by atoms with Gasteiger partial charge in [0, 0.05) is 31.6 Å². The van der Waals surface area contributed by atoms with Crippen LogP contribution in [-0.4, -0.2) is 44.1 Å². The Morgan fingerprint density at radius 1 is 0.969 bits per heavy atom. The van der Waals surface area contributed by atoms with E-state index in [2.05, 4.69) is 5.32 Å². The van der Waals surface area contributed by atoms with E-state index in [-0.39, 0.29) is 17.9 Å². The van der Waals surface area contributed by atoms with Crippen LogP contribution in [0, 0.1) is 5.92 Å². The average molecular weight is 438 g/mol. The van der Waals surface area contributed by atoms with Crippen LogP contribution in [0.5, 0.6) is 11.5 Å². The van der Waals surface area contributed by atoms with Gasteiger partial charge in [-0.3, -0.25) is 9.69 Å². The summed E-state index contributed by atoms with van der Waals surface area (Å²) in [6.07, 6.45) is 4.87. The zero-order valence-electron chi connectivity index (χ0n) is 18.8. The molecule has 0 spiro atoms. The third-order valence-corrected chi connectivity index (χ3v) is 6.32. The first kappa shape index (κ1) is 22.0. The topological polar surface area (TPSA) is 71.1 Å². The molecule has 7 heteroatoms. The van der Waals surface area contributed by atoms with Crippen LogP contribution in [0.25, 0.3) is 0 Å². The number of carbonyl (C=O) groups is 2. The number of benzene rings is 2. The lowest BCUT2D eigenvalue weighted by Gasteiger charge is -2.36. The van der Waals surface area contributed by atoms with Crippen molar-refractivity contribution in [2.75, 3.05) is 37.5 Å². The first-order valence-corrected chi connectivity index (χ1v) is 11.3. The van der Waals surface area contributed by atoms with Crippen molar-refractivity contribution in [1.29, 1.82) is 0 Å². The summed E-state index contributed by atoms with van der Waals surface area (Å²) in [6.45, 7) is 1.83. The van der Waals surface area contributed by atoms with Crippen molar-refractivity contribution in [3.8, 4) is 11.5 Å². The summed E-state index contributed by atoms with van der Waals surface area (Å²) in [5.74, 6) is 1.51. The molecule has 2 aromatic carbocycles. The number of hydrogen-bond donors (Lipinski definition) is 1. The first-order valence-electron chi connectivity index (χ1n) is 11.3. The maximum atomic E-state index is 13.4. The highest BCUT2D eigenvalue weighted by Gasteiger charge is 2.30. The lowest BCUT2D eigenvalue weighted by molar-refractivity contribution is -0.119. The molecule has 3 amide bonds. The normalized spacial score (nSPS) is 16.9. The Balaban J connectivity index is 1.54. The van der Waals surface area contributed by atoms with Gasteiger partial charge in [0.05, 0.1) is 25.6 Å². The number of amides is 3. The summed E-state index contributed by atoms with van der Waals surface area (Å²) in [5.41, 5.74) is 2.38. The molecular weight excluding hydrogens is 406 g/mol. The molecule has 170 valence electrons. The van der Waals surface area contributed by atoms with Gasteiger partial charge in [-0.25, -0.2) is 4.79 Å². The van der Waals surface area contributed by atoms with Crippen molar-refractivity contribution >= 4 is 23.3 Å². The molecule has 0 aromatic heterocycles. The number of ether oxygens (including phenoxy) is 2. The van der Waals surface area contributed by atoms with E-state index in [1.807, 2.05) is 41.3 Å². The number of methoxy groups -OCH3 is 2. The maximum Gasteiger partial charge on any atom is 0.324 e. The second-order valence-corrected chi connectivity index (χ2v) is 8.41. The zero-order valence-corrected chi connectivity index (χ0v) is 18.8. The van der Waals surface area contributed by atoms with Gasteiger partial charge in [0.2, 0.25) is 5.91 Å². The first-order chi connectivity index (χ1) is 15.6. The monoisotopic (exact) mass is 437 g/mol.